The molecular weight excluding hydrogens is 142 g/mol. The third kappa shape index (κ3) is 1.93. The molecule has 1 rings (SSSR count). The topological polar surface area (TPSA) is 50.4 Å². The molecule has 1 aromatic heterocycles. The fourth-order valence-corrected chi connectivity index (χ4v) is 0.615. The summed E-state index contributed by atoms with van der Waals surface area (Å²) in [4.78, 5) is 7.72. The van der Waals surface area contributed by atoms with Gasteiger partial charge in [-0.3, -0.25) is 0 Å². The zero-order chi connectivity index (χ0) is 8.10. The third-order valence-corrected chi connectivity index (χ3v) is 1.07. The van der Waals surface area contributed by atoms with E-state index in [9.17, 15) is 0 Å². The van der Waals surface area contributed by atoms with Crippen molar-refractivity contribution in [3.63, 3.8) is 0 Å². The van der Waals surface area contributed by atoms with E-state index in [1.807, 2.05) is 0 Å². The van der Waals surface area contributed by atoms with Gasteiger partial charge >= 0.3 is 0 Å². The van der Waals surface area contributed by atoms with Crippen LogP contribution < -0.4 is 5.62 Å². The highest BCUT2D eigenvalue weighted by Crippen LogP contribution is 1.72. The van der Waals surface area contributed by atoms with Crippen LogP contribution in [0.15, 0.2) is 36.1 Å². The minimum Gasteiger partial charge on any atom is -0.425 e. The van der Waals surface area contributed by atoms with E-state index in [0.29, 0.717) is 6.54 Å². The van der Waals surface area contributed by atoms with Crippen molar-refractivity contribution in [1.29, 1.82) is 0 Å². The van der Waals surface area contributed by atoms with E-state index in [0.717, 1.165) is 4.73 Å². The summed E-state index contributed by atoms with van der Waals surface area (Å²) in [5, 5.41) is 9.06. The molecule has 0 aliphatic rings. The molecule has 0 fully saturated rings. The Labute approximate surface area is 64.1 Å². The highest BCUT2D eigenvalue weighted by atomic mass is 16.5. The Morgan fingerprint density at radius 2 is 2.64 bits per heavy atom. The first-order chi connectivity index (χ1) is 5.34. The first kappa shape index (κ1) is 7.53. The van der Waals surface area contributed by atoms with Gasteiger partial charge in [-0.1, -0.05) is 6.08 Å². The predicted molar refractivity (Wildman–Crippen MR) is 40.0 cm³/mol. The molecule has 0 aliphatic heterocycles. The average Bonchev–Trinajstić information content (AvgIpc) is 2.03. The number of hydrogen-bond acceptors (Lipinski definition) is 3. The molecule has 0 saturated carbocycles. The maximum absolute atomic E-state index is 9.06. The molecule has 58 valence electrons. The lowest BCUT2D eigenvalue weighted by molar-refractivity contribution is 0.166. The smallest absolute Gasteiger partial charge is 0.258 e. The molecule has 0 radical (unpaired) electrons. The van der Waals surface area contributed by atoms with Gasteiger partial charge in [0.2, 0.25) is 0 Å². The summed E-state index contributed by atoms with van der Waals surface area (Å²) in [6.07, 6.45) is 4.66. The van der Waals surface area contributed by atoms with Crippen LogP contribution in [0.4, 0.5) is 0 Å². The fraction of sp³-hybridized carbons (Fsp3) is 0.143. The minimum atomic E-state index is 0.285. The highest BCUT2D eigenvalue weighted by Gasteiger charge is 1.84. The molecule has 0 atom stereocenters. The van der Waals surface area contributed by atoms with Crippen LogP contribution in [-0.4, -0.2) is 21.5 Å². The zero-order valence-corrected chi connectivity index (χ0v) is 6.01. The van der Waals surface area contributed by atoms with Gasteiger partial charge < -0.3 is 5.21 Å². The van der Waals surface area contributed by atoms with Crippen LogP contribution >= 0.6 is 0 Å². The number of nitrogens with zero attached hydrogens (tertiary/aromatic N) is 3. The Morgan fingerprint density at radius 1 is 1.82 bits per heavy atom. The molecule has 1 aromatic rings. The van der Waals surface area contributed by atoms with Crippen molar-refractivity contribution in [2.75, 3.05) is 6.54 Å². The van der Waals surface area contributed by atoms with Crippen LogP contribution in [0.1, 0.15) is 0 Å². The lowest BCUT2D eigenvalue weighted by Crippen LogP contribution is -2.21. The van der Waals surface area contributed by atoms with Crippen LogP contribution in [0.2, 0.25) is 0 Å². The molecule has 0 aliphatic carbocycles. The first-order valence-corrected chi connectivity index (χ1v) is 3.19. The SMILES string of the molecule is C=CCN=c1ncccn1O. The maximum Gasteiger partial charge on any atom is 0.258 e. The van der Waals surface area contributed by atoms with Crippen molar-refractivity contribution in [2.24, 2.45) is 4.99 Å². The van der Waals surface area contributed by atoms with Gasteiger partial charge in [-0.05, 0) is 6.07 Å². The summed E-state index contributed by atoms with van der Waals surface area (Å²) in [6.45, 7) is 3.95. The fourth-order valence-electron chi connectivity index (χ4n) is 0.615. The van der Waals surface area contributed by atoms with Crippen molar-refractivity contribution < 1.29 is 5.21 Å². The molecule has 0 aromatic carbocycles. The van der Waals surface area contributed by atoms with Gasteiger partial charge in [0.05, 0.1) is 6.54 Å². The predicted octanol–water partition coefficient (Wildman–Crippen LogP) is 0.207. The monoisotopic (exact) mass is 151 g/mol. The molecule has 1 N–H and O–H groups in total. The molecule has 0 saturated heterocycles. The second kappa shape index (κ2) is 3.55. The molecule has 0 unspecified atom stereocenters. The second-order valence-corrected chi connectivity index (χ2v) is 1.89. The van der Waals surface area contributed by atoms with Gasteiger partial charge in [0.25, 0.3) is 5.62 Å². The summed E-state index contributed by atoms with van der Waals surface area (Å²) < 4.78 is 0.865. The van der Waals surface area contributed by atoms with Crippen LogP contribution in [0.5, 0.6) is 0 Å². The number of hydrogen-bond donors (Lipinski definition) is 1. The van der Waals surface area contributed by atoms with Gasteiger partial charge in [0, 0.05) is 12.4 Å². The van der Waals surface area contributed by atoms with Crippen molar-refractivity contribution in [1.82, 2.24) is 9.71 Å². The lowest BCUT2D eigenvalue weighted by Gasteiger charge is -1.93. The Morgan fingerprint density at radius 3 is 3.27 bits per heavy atom. The van der Waals surface area contributed by atoms with E-state index in [1.54, 1.807) is 18.3 Å². The summed E-state index contributed by atoms with van der Waals surface area (Å²) in [7, 11) is 0. The standard InChI is InChI=1S/C7H9N3O/c1-2-4-8-7-9-5-3-6-10(7)11/h2-3,5-6,11H,1,4H2. The van der Waals surface area contributed by atoms with Crippen molar-refractivity contribution in [3.05, 3.63) is 36.7 Å². The van der Waals surface area contributed by atoms with E-state index in [-0.39, 0.29) is 5.62 Å². The lowest BCUT2D eigenvalue weighted by atomic mass is 10.6. The van der Waals surface area contributed by atoms with Gasteiger partial charge in [-0.25, -0.2) is 9.98 Å². The molecule has 4 heteroatoms. The Balaban J connectivity index is 3.02. The van der Waals surface area contributed by atoms with Crippen LogP contribution in [0, 0.1) is 0 Å². The van der Waals surface area contributed by atoms with E-state index in [1.165, 1.54) is 6.20 Å². The van der Waals surface area contributed by atoms with E-state index in [2.05, 4.69) is 16.6 Å². The summed E-state index contributed by atoms with van der Waals surface area (Å²) in [5.74, 6) is 0. The van der Waals surface area contributed by atoms with Gasteiger partial charge in [0.15, 0.2) is 0 Å². The Hall–Kier alpha value is -1.58. The Kier molecular flexibility index (Phi) is 2.43. The average molecular weight is 151 g/mol. The summed E-state index contributed by atoms with van der Waals surface area (Å²) >= 11 is 0. The molecule has 1 heterocycles. The molecule has 0 amide bonds. The molecular formula is C7H9N3O. The van der Waals surface area contributed by atoms with E-state index < -0.39 is 0 Å². The molecule has 0 bridgehead atoms. The Bertz CT molecular complexity index is 303. The van der Waals surface area contributed by atoms with E-state index >= 15 is 0 Å². The molecule has 4 nitrogen and oxygen atoms in total. The normalized spacial score (nSPS) is 11.5. The van der Waals surface area contributed by atoms with Gasteiger partial charge in [-0.2, -0.15) is 4.73 Å². The van der Waals surface area contributed by atoms with Gasteiger partial charge in [-0.15, -0.1) is 6.58 Å². The molecule has 11 heavy (non-hydrogen) atoms. The third-order valence-electron chi connectivity index (χ3n) is 1.07. The summed E-state index contributed by atoms with van der Waals surface area (Å²) in [6, 6.07) is 1.62. The molecule has 0 spiro atoms. The zero-order valence-electron chi connectivity index (χ0n) is 6.01. The quantitative estimate of drug-likeness (QED) is 0.485. The first-order valence-electron chi connectivity index (χ1n) is 3.19. The van der Waals surface area contributed by atoms with Crippen LogP contribution in [-0.2, 0) is 0 Å². The number of aromatic nitrogens is 2. The maximum atomic E-state index is 9.06. The van der Waals surface area contributed by atoms with Crippen molar-refractivity contribution in [3.8, 4) is 0 Å². The van der Waals surface area contributed by atoms with E-state index in [4.69, 9.17) is 5.21 Å². The minimum absolute atomic E-state index is 0.285. The van der Waals surface area contributed by atoms with Crippen molar-refractivity contribution >= 4 is 0 Å². The van der Waals surface area contributed by atoms with Gasteiger partial charge in [0.1, 0.15) is 0 Å². The highest BCUT2D eigenvalue weighted by molar-refractivity contribution is 4.78. The number of rotatable bonds is 2. The van der Waals surface area contributed by atoms with Crippen LogP contribution in [0.25, 0.3) is 0 Å². The largest absolute Gasteiger partial charge is 0.425 e. The summed E-state index contributed by atoms with van der Waals surface area (Å²) in [5.41, 5.74) is 0.285. The second-order valence-electron chi connectivity index (χ2n) is 1.89. The van der Waals surface area contributed by atoms with Crippen molar-refractivity contribution in [2.45, 2.75) is 0 Å². The van der Waals surface area contributed by atoms with Crippen LogP contribution in [0.3, 0.4) is 0 Å².